The summed E-state index contributed by atoms with van der Waals surface area (Å²) in [4.78, 5) is 0. The van der Waals surface area contributed by atoms with Crippen molar-refractivity contribution in [3.63, 3.8) is 0 Å². The van der Waals surface area contributed by atoms with Crippen molar-refractivity contribution in [3.8, 4) is 11.5 Å². The van der Waals surface area contributed by atoms with Gasteiger partial charge in [0, 0.05) is 17.2 Å². The van der Waals surface area contributed by atoms with Crippen molar-refractivity contribution in [1.82, 2.24) is 0 Å². The van der Waals surface area contributed by atoms with E-state index in [1.165, 1.54) is 13.2 Å². The highest BCUT2D eigenvalue weighted by Gasteiger charge is 2.42. The Bertz CT molecular complexity index is 428. The number of hydrogen-bond acceptors (Lipinski definition) is 3. The van der Waals surface area contributed by atoms with Crippen LogP contribution in [0, 0.1) is 5.82 Å². The van der Waals surface area contributed by atoms with Crippen LogP contribution >= 0.6 is 0 Å². The van der Waals surface area contributed by atoms with Gasteiger partial charge in [-0.05, 0) is 32.8 Å². The van der Waals surface area contributed by atoms with Gasteiger partial charge in [-0.25, -0.2) is 4.39 Å². The summed E-state index contributed by atoms with van der Waals surface area (Å²) in [5.41, 5.74) is 6.04. The minimum atomic E-state index is -0.508. The van der Waals surface area contributed by atoms with E-state index in [4.69, 9.17) is 15.2 Å². The number of methoxy groups -OCH3 is 1. The minimum Gasteiger partial charge on any atom is -0.493 e. The highest BCUT2D eigenvalue weighted by molar-refractivity contribution is 5.47. The van der Waals surface area contributed by atoms with E-state index in [0.717, 1.165) is 12.8 Å². The maximum atomic E-state index is 13.9. The summed E-state index contributed by atoms with van der Waals surface area (Å²) < 4.78 is 24.6. The van der Waals surface area contributed by atoms with Gasteiger partial charge in [-0.3, -0.25) is 0 Å². The lowest BCUT2D eigenvalue weighted by molar-refractivity contribution is 0.229. The van der Waals surface area contributed by atoms with E-state index < -0.39 is 5.54 Å². The first kappa shape index (κ1) is 12.2. The lowest BCUT2D eigenvalue weighted by atomic mass is 10.0. The smallest absolute Gasteiger partial charge is 0.163 e. The van der Waals surface area contributed by atoms with Crippen LogP contribution in [-0.4, -0.2) is 13.2 Å². The third-order valence-corrected chi connectivity index (χ3v) is 2.94. The van der Waals surface area contributed by atoms with Gasteiger partial charge in [-0.1, -0.05) is 0 Å². The molecule has 0 bridgehead atoms. The van der Waals surface area contributed by atoms with Crippen molar-refractivity contribution < 1.29 is 13.9 Å². The zero-order valence-corrected chi connectivity index (χ0v) is 10.4. The van der Waals surface area contributed by atoms with Crippen LogP contribution in [0.4, 0.5) is 4.39 Å². The molecule has 0 atom stereocenters. The molecule has 0 saturated heterocycles. The Kier molecular flexibility index (Phi) is 3.00. The molecule has 1 aliphatic carbocycles. The normalized spacial score (nSPS) is 17.1. The van der Waals surface area contributed by atoms with Crippen LogP contribution in [0.3, 0.4) is 0 Å². The van der Waals surface area contributed by atoms with Crippen molar-refractivity contribution in [2.75, 3.05) is 7.11 Å². The van der Waals surface area contributed by atoms with Gasteiger partial charge < -0.3 is 15.2 Å². The number of benzene rings is 1. The quantitative estimate of drug-likeness (QED) is 0.878. The van der Waals surface area contributed by atoms with Gasteiger partial charge in [0.05, 0.1) is 13.2 Å². The monoisotopic (exact) mass is 239 g/mol. The van der Waals surface area contributed by atoms with Gasteiger partial charge in [0.15, 0.2) is 11.5 Å². The third kappa shape index (κ3) is 2.36. The van der Waals surface area contributed by atoms with Crippen LogP contribution in [0.25, 0.3) is 0 Å². The Morgan fingerprint density at radius 1 is 1.29 bits per heavy atom. The Balaban J connectivity index is 2.41. The fourth-order valence-electron chi connectivity index (χ4n) is 1.83. The topological polar surface area (TPSA) is 44.5 Å². The summed E-state index contributed by atoms with van der Waals surface area (Å²) >= 11 is 0. The molecule has 94 valence electrons. The number of rotatable bonds is 4. The lowest BCUT2D eigenvalue weighted by Crippen LogP contribution is -2.21. The molecule has 0 heterocycles. The second-order valence-electron chi connectivity index (χ2n) is 4.81. The molecule has 1 aromatic rings. The molecule has 2 rings (SSSR count). The van der Waals surface area contributed by atoms with E-state index in [1.54, 1.807) is 6.07 Å². The first-order valence-corrected chi connectivity index (χ1v) is 5.80. The minimum absolute atomic E-state index is 0.00939. The molecule has 1 aromatic carbocycles. The molecule has 3 nitrogen and oxygen atoms in total. The molecule has 0 amide bonds. The van der Waals surface area contributed by atoms with Crippen molar-refractivity contribution in [2.24, 2.45) is 5.73 Å². The van der Waals surface area contributed by atoms with Gasteiger partial charge in [-0.15, -0.1) is 0 Å². The summed E-state index contributed by atoms with van der Waals surface area (Å²) in [7, 11) is 1.50. The van der Waals surface area contributed by atoms with E-state index in [1.807, 2.05) is 13.8 Å². The molecule has 0 aliphatic heterocycles. The van der Waals surface area contributed by atoms with Crippen LogP contribution < -0.4 is 15.2 Å². The average molecular weight is 239 g/mol. The first-order valence-electron chi connectivity index (χ1n) is 5.80. The SMILES string of the molecule is COc1cc(F)c(C2(N)CC2)cc1OC(C)C. The maximum absolute atomic E-state index is 13.9. The molecule has 2 N–H and O–H groups in total. The molecule has 0 radical (unpaired) electrons. The molecule has 1 aliphatic rings. The molecular weight excluding hydrogens is 221 g/mol. The van der Waals surface area contributed by atoms with Crippen molar-refractivity contribution >= 4 is 0 Å². The summed E-state index contributed by atoms with van der Waals surface area (Å²) in [6.07, 6.45) is 1.64. The van der Waals surface area contributed by atoms with Crippen LogP contribution in [-0.2, 0) is 5.54 Å². The molecule has 0 aromatic heterocycles. The number of nitrogens with two attached hydrogens (primary N) is 1. The molecule has 1 fully saturated rings. The van der Waals surface area contributed by atoms with E-state index >= 15 is 0 Å². The Labute approximate surface area is 101 Å². The molecule has 4 heteroatoms. The summed E-state index contributed by atoms with van der Waals surface area (Å²) in [6.45, 7) is 3.83. The molecule has 17 heavy (non-hydrogen) atoms. The number of hydrogen-bond donors (Lipinski definition) is 1. The fourth-order valence-corrected chi connectivity index (χ4v) is 1.83. The van der Waals surface area contributed by atoms with Crippen molar-refractivity contribution in [2.45, 2.75) is 38.3 Å². The second-order valence-corrected chi connectivity index (χ2v) is 4.81. The predicted octanol–water partition coefficient (Wildman–Crippen LogP) is 2.57. The highest BCUT2D eigenvalue weighted by Crippen LogP contribution is 2.46. The summed E-state index contributed by atoms with van der Waals surface area (Å²) in [6, 6.07) is 3.02. The lowest BCUT2D eigenvalue weighted by Gasteiger charge is -2.17. The Morgan fingerprint density at radius 3 is 2.41 bits per heavy atom. The Morgan fingerprint density at radius 2 is 1.94 bits per heavy atom. The van der Waals surface area contributed by atoms with Crippen LogP contribution in [0.15, 0.2) is 12.1 Å². The van der Waals surface area contributed by atoms with Crippen LogP contribution in [0.5, 0.6) is 11.5 Å². The fraction of sp³-hybridized carbons (Fsp3) is 0.538. The molecule has 0 unspecified atom stereocenters. The van der Waals surface area contributed by atoms with Gasteiger partial charge in [0.25, 0.3) is 0 Å². The third-order valence-electron chi connectivity index (χ3n) is 2.94. The molecule has 0 spiro atoms. The van der Waals surface area contributed by atoms with Gasteiger partial charge in [0.2, 0.25) is 0 Å². The first-order chi connectivity index (χ1) is 7.96. The van der Waals surface area contributed by atoms with E-state index in [9.17, 15) is 4.39 Å². The number of halogens is 1. The van der Waals surface area contributed by atoms with E-state index in [0.29, 0.717) is 17.1 Å². The van der Waals surface area contributed by atoms with Gasteiger partial charge in [0.1, 0.15) is 5.82 Å². The van der Waals surface area contributed by atoms with Crippen LogP contribution in [0.1, 0.15) is 32.3 Å². The second kappa shape index (κ2) is 4.18. The predicted molar refractivity (Wildman–Crippen MR) is 63.8 cm³/mol. The average Bonchev–Trinajstić information content (AvgIpc) is 2.99. The Hall–Kier alpha value is -1.29. The summed E-state index contributed by atoms with van der Waals surface area (Å²) in [5, 5.41) is 0. The van der Waals surface area contributed by atoms with Crippen molar-refractivity contribution in [3.05, 3.63) is 23.5 Å². The molecule has 1 saturated carbocycles. The van der Waals surface area contributed by atoms with Gasteiger partial charge >= 0.3 is 0 Å². The maximum Gasteiger partial charge on any atom is 0.163 e. The van der Waals surface area contributed by atoms with E-state index in [2.05, 4.69) is 0 Å². The summed E-state index contributed by atoms with van der Waals surface area (Å²) in [5.74, 6) is 0.637. The number of ether oxygens (including phenoxy) is 2. The highest BCUT2D eigenvalue weighted by atomic mass is 19.1. The zero-order valence-electron chi connectivity index (χ0n) is 10.4. The van der Waals surface area contributed by atoms with E-state index in [-0.39, 0.29) is 11.9 Å². The largest absolute Gasteiger partial charge is 0.493 e. The molecular formula is C13H18FNO2. The van der Waals surface area contributed by atoms with Crippen molar-refractivity contribution in [1.29, 1.82) is 0 Å². The van der Waals surface area contributed by atoms with Gasteiger partial charge in [-0.2, -0.15) is 0 Å². The standard InChI is InChI=1S/C13H18FNO2/c1-8(2)17-12-6-9(13(15)4-5-13)10(14)7-11(12)16-3/h6-8H,4-5,15H2,1-3H3. The zero-order chi connectivity index (χ0) is 12.6. The van der Waals surface area contributed by atoms with Crippen LogP contribution in [0.2, 0.25) is 0 Å².